The molecule has 3 heterocycles. The van der Waals surface area contributed by atoms with Gasteiger partial charge in [0.05, 0.1) is 24.8 Å². The van der Waals surface area contributed by atoms with Gasteiger partial charge in [0.1, 0.15) is 18.3 Å². The number of aromatic amines is 1. The van der Waals surface area contributed by atoms with E-state index >= 15 is 0 Å². The number of benzene rings is 1. The Morgan fingerprint density at radius 2 is 2.07 bits per heavy atom. The van der Waals surface area contributed by atoms with E-state index in [1.54, 1.807) is 24.3 Å². The number of nitriles is 1. The highest BCUT2D eigenvalue weighted by atomic mass is 16.6. The fourth-order valence-corrected chi connectivity index (χ4v) is 3.59. The summed E-state index contributed by atoms with van der Waals surface area (Å²) in [5, 5.41) is 38.8. The maximum Gasteiger partial charge on any atom is 0.333 e. The van der Waals surface area contributed by atoms with Crippen molar-refractivity contribution in [3.05, 3.63) is 56.2 Å². The third-order valence-corrected chi connectivity index (χ3v) is 5.00. The summed E-state index contributed by atoms with van der Waals surface area (Å²) in [6.45, 7) is -0.652. The number of rotatable bonds is 4. The van der Waals surface area contributed by atoms with Crippen LogP contribution >= 0.6 is 0 Å². The second-order valence-corrected chi connectivity index (χ2v) is 6.90. The van der Waals surface area contributed by atoms with E-state index in [1.165, 1.54) is 0 Å². The van der Waals surface area contributed by atoms with Gasteiger partial charge in [0.2, 0.25) is 5.95 Å². The molecule has 1 fully saturated rings. The number of aliphatic hydroxyl groups is 3. The molecular weight excluding hydrogens is 396 g/mol. The van der Waals surface area contributed by atoms with E-state index in [-0.39, 0.29) is 23.7 Å². The van der Waals surface area contributed by atoms with Gasteiger partial charge in [-0.05, 0) is 17.7 Å². The Balaban J connectivity index is 1.92. The van der Waals surface area contributed by atoms with Gasteiger partial charge in [0.25, 0.3) is 5.56 Å². The third-order valence-electron chi connectivity index (χ3n) is 5.00. The van der Waals surface area contributed by atoms with Gasteiger partial charge in [-0.2, -0.15) is 10.2 Å². The van der Waals surface area contributed by atoms with Gasteiger partial charge < -0.3 is 25.8 Å². The number of nitrogen functional groups attached to an aromatic ring is 1. The summed E-state index contributed by atoms with van der Waals surface area (Å²) in [5.41, 5.74) is 4.90. The zero-order chi connectivity index (χ0) is 21.6. The minimum atomic E-state index is -1.55. The van der Waals surface area contributed by atoms with Crippen LogP contribution in [0.2, 0.25) is 0 Å². The largest absolute Gasteiger partial charge is 0.394 e. The van der Waals surface area contributed by atoms with Gasteiger partial charge in [0.15, 0.2) is 17.4 Å². The average molecular weight is 414 g/mol. The first kappa shape index (κ1) is 19.8. The van der Waals surface area contributed by atoms with Crippen molar-refractivity contribution in [2.24, 2.45) is 0 Å². The summed E-state index contributed by atoms with van der Waals surface area (Å²) in [7, 11) is 0. The van der Waals surface area contributed by atoms with Crippen molar-refractivity contribution in [1.82, 2.24) is 19.1 Å². The lowest BCUT2D eigenvalue weighted by Crippen LogP contribution is -2.36. The summed E-state index contributed by atoms with van der Waals surface area (Å²) < 4.78 is 7.50. The van der Waals surface area contributed by atoms with Crippen LogP contribution in [0.4, 0.5) is 5.95 Å². The monoisotopic (exact) mass is 414 g/mol. The molecule has 1 aliphatic rings. The molecule has 0 amide bonds. The number of anilines is 1. The summed E-state index contributed by atoms with van der Waals surface area (Å²) >= 11 is 0. The molecule has 1 aliphatic heterocycles. The number of nitrogens with two attached hydrogens (primary N) is 1. The van der Waals surface area contributed by atoms with Crippen LogP contribution in [0.1, 0.15) is 17.4 Å². The minimum absolute atomic E-state index is 0.0681. The molecule has 1 saturated heterocycles. The summed E-state index contributed by atoms with van der Waals surface area (Å²) in [5.74, 6) is -0.253. The normalized spacial score (nSPS) is 23.7. The fourth-order valence-electron chi connectivity index (χ4n) is 3.59. The van der Waals surface area contributed by atoms with Gasteiger partial charge in [0, 0.05) is 0 Å². The predicted molar refractivity (Wildman–Crippen MR) is 102 cm³/mol. The standard InChI is InChI=1S/C18H18N6O6/c19-5-8-2-1-3-9(4-8)6-23-11-14(21-17(20)22-15(11)28)24(18(23)29)16-13(27)12(26)10(7-25)30-16/h1-4,10,12-13,16,25-27H,6-7H2,(H3,20,21,22,28)/t10-,12-,13-,16-/m1/s1. The smallest absolute Gasteiger partial charge is 0.333 e. The molecule has 0 spiro atoms. The van der Waals surface area contributed by atoms with Crippen molar-refractivity contribution >= 4 is 17.1 Å². The summed E-state index contributed by atoms with van der Waals surface area (Å²) in [6, 6.07) is 8.50. The highest BCUT2D eigenvalue weighted by Crippen LogP contribution is 2.30. The Morgan fingerprint density at radius 3 is 2.73 bits per heavy atom. The Morgan fingerprint density at radius 1 is 1.30 bits per heavy atom. The number of hydrogen-bond acceptors (Lipinski definition) is 9. The third kappa shape index (κ3) is 3.06. The molecule has 30 heavy (non-hydrogen) atoms. The predicted octanol–water partition coefficient (Wildman–Crippen LogP) is -2.00. The van der Waals surface area contributed by atoms with Crippen LogP contribution in [0.5, 0.6) is 0 Å². The molecule has 0 unspecified atom stereocenters. The van der Waals surface area contributed by atoms with Crippen LogP contribution in [0.15, 0.2) is 33.9 Å². The van der Waals surface area contributed by atoms with E-state index in [9.17, 15) is 24.9 Å². The summed E-state index contributed by atoms with van der Waals surface area (Å²) in [6.07, 6.45) is -5.52. The zero-order valence-electron chi connectivity index (χ0n) is 15.5. The van der Waals surface area contributed by atoms with Gasteiger partial charge in [-0.25, -0.2) is 9.36 Å². The topological polar surface area (TPSA) is 192 Å². The number of aliphatic hydroxyl groups excluding tert-OH is 3. The SMILES string of the molecule is N#Cc1cccc(Cn2c(=O)n([C@@H]3O[C@H](CO)[C@@H](O)[C@H]3O)c3nc(N)[nH]c(=O)c32)c1. The van der Waals surface area contributed by atoms with Crippen LogP contribution < -0.4 is 17.0 Å². The molecule has 4 rings (SSSR count). The number of H-pyrrole nitrogens is 1. The summed E-state index contributed by atoms with van der Waals surface area (Å²) in [4.78, 5) is 32.2. The van der Waals surface area contributed by atoms with Crippen LogP contribution in [0, 0.1) is 11.3 Å². The number of hydrogen-bond donors (Lipinski definition) is 5. The van der Waals surface area contributed by atoms with Crippen molar-refractivity contribution < 1.29 is 20.1 Å². The van der Waals surface area contributed by atoms with Gasteiger partial charge in [-0.1, -0.05) is 12.1 Å². The quantitative estimate of drug-likeness (QED) is 0.321. The molecule has 0 radical (unpaired) electrons. The Hall–Kier alpha value is -3.50. The molecule has 0 bridgehead atoms. The van der Waals surface area contributed by atoms with Crippen molar-refractivity contribution in [1.29, 1.82) is 5.26 Å². The van der Waals surface area contributed by atoms with E-state index < -0.39 is 42.4 Å². The molecule has 1 aromatic carbocycles. The highest BCUT2D eigenvalue weighted by molar-refractivity contribution is 5.72. The van der Waals surface area contributed by atoms with Crippen LogP contribution in [-0.4, -0.2) is 59.3 Å². The van der Waals surface area contributed by atoms with Crippen molar-refractivity contribution in [2.75, 3.05) is 12.3 Å². The number of nitrogens with zero attached hydrogens (tertiary/aromatic N) is 4. The Bertz CT molecular complexity index is 1270. The van der Waals surface area contributed by atoms with Gasteiger partial charge >= 0.3 is 5.69 Å². The molecule has 0 aliphatic carbocycles. The average Bonchev–Trinajstić information content (AvgIpc) is 3.15. The van der Waals surface area contributed by atoms with E-state index in [4.69, 9.17) is 15.7 Å². The first-order valence-electron chi connectivity index (χ1n) is 8.97. The van der Waals surface area contributed by atoms with E-state index in [0.29, 0.717) is 11.1 Å². The van der Waals surface area contributed by atoms with Crippen LogP contribution in [0.3, 0.4) is 0 Å². The number of aromatic nitrogens is 4. The highest BCUT2D eigenvalue weighted by Gasteiger charge is 2.45. The Labute approximate surface area is 168 Å². The minimum Gasteiger partial charge on any atom is -0.394 e. The Kier molecular flexibility index (Phi) is 4.88. The fraction of sp³-hybridized carbons (Fsp3) is 0.333. The molecule has 12 nitrogen and oxygen atoms in total. The molecule has 3 aromatic rings. The molecule has 6 N–H and O–H groups in total. The van der Waals surface area contributed by atoms with Crippen molar-refractivity contribution in [2.45, 2.75) is 31.1 Å². The zero-order valence-corrected chi connectivity index (χ0v) is 15.5. The van der Waals surface area contributed by atoms with Crippen molar-refractivity contribution in [3.8, 4) is 6.07 Å². The van der Waals surface area contributed by atoms with Gasteiger partial charge in [-0.15, -0.1) is 0 Å². The molecule has 0 saturated carbocycles. The first-order chi connectivity index (χ1) is 14.3. The van der Waals surface area contributed by atoms with Crippen LogP contribution in [0.25, 0.3) is 11.2 Å². The second-order valence-electron chi connectivity index (χ2n) is 6.90. The maximum absolute atomic E-state index is 13.2. The van der Waals surface area contributed by atoms with Crippen LogP contribution in [-0.2, 0) is 11.3 Å². The number of ether oxygens (including phenoxy) is 1. The van der Waals surface area contributed by atoms with E-state index in [2.05, 4.69) is 9.97 Å². The molecule has 2 aromatic heterocycles. The molecule has 4 atom stereocenters. The maximum atomic E-state index is 13.2. The molecule has 156 valence electrons. The second kappa shape index (κ2) is 7.39. The number of imidazole rings is 1. The first-order valence-corrected chi connectivity index (χ1v) is 8.97. The molecule has 12 heteroatoms. The lowest BCUT2D eigenvalue weighted by atomic mass is 10.1. The molecular formula is C18H18N6O6. The van der Waals surface area contributed by atoms with E-state index in [0.717, 1.165) is 9.13 Å². The number of fused-ring (bicyclic) bond motifs is 1. The van der Waals surface area contributed by atoms with Gasteiger partial charge in [-0.3, -0.25) is 14.3 Å². The lowest BCUT2D eigenvalue weighted by molar-refractivity contribution is -0.0527. The number of nitrogens with one attached hydrogen (secondary N) is 1. The lowest BCUT2D eigenvalue weighted by Gasteiger charge is -2.15. The van der Waals surface area contributed by atoms with E-state index in [1.807, 2.05) is 6.07 Å². The van der Waals surface area contributed by atoms with Crippen molar-refractivity contribution in [3.63, 3.8) is 0 Å².